The van der Waals surface area contributed by atoms with Gasteiger partial charge in [-0.25, -0.2) is 4.68 Å². The van der Waals surface area contributed by atoms with E-state index in [1.54, 1.807) is 4.90 Å². The molecular formula is C12H18N4O3S. The Morgan fingerprint density at radius 2 is 2.20 bits per heavy atom. The first-order valence-corrected chi connectivity index (χ1v) is 7.41. The Morgan fingerprint density at radius 1 is 1.45 bits per heavy atom. The molecule has 7 nitrogen and oxygen atoms in total. The summed E-state index contributed by atoms with van der Waals surface area (Å²) in [5, 5.41) is 16.1. The molecule has 0 saturated carbocycles. The molecule has 0 atom stereocenters. The minimum Gasteiger partial charge on any atom is -0.480 e. The van der Waals surface area contributed by atoms with E-state index in [1.165, 1.54) is 6.20 Å². The fourth-order valence-electron chi connectivity index (χ4n) is 2.00. The SMILES string of the molecule is CC1(C)CCN(C(=O)c2cn(CC(=O)O)nn2)CCS1. The third-order valence-electron chi connectivity index (χ3n) is 3.18. The fourth-order valence-corrected chi connectivity index (χ4v) is 3.10. The van der Waals surface area contributed by atoms with Crippen molar-refractivity contribution < 1.29 is 14.7 Å². The zero-order valence-electron chi connectivity index (χ0n) is 11.6. The average Bonchev–Trinajstić information content (AvgIpc) is 2.72. The van der Waals surface area contributed by atoms with Crippen LogP contribution in [0, 0.1) is 0 Å². The van der Waals surface area contributed by atoms with Crippen LogP contribution in [0.2, 0.25) is 0 Å². The standard InChI is InChI=1S/C12H18N4O3S/c1-12(2)3-4-15(5-6-20-12)11(19)9-7-16(14-13-9)8-10(17)18/h7H,3-6,8H2,1-2H3,(H,17,18). The number of carbonyl (C=O) groups is 2. The summed E-state index contributed by atoms with van der Waals surface area (Å²) in [6, 6.07) is 0. The van der Waals surface area contributed by atoms with E-state index in [-0.39, 0.29) is 22.9 Å². The van der Waals surface area contributed by atoms with Crippen LogP contribution in [0.4, 0.5) is 0 Å². The molecule has 1 amide bonds. The molecule has 1 aromatic heterocycles. The molecular weight excluding hydrogens is 280 g/mol. The zero-order valence-corrected chi connectivity index (χ0v) is 12.4. The first kappa shape index (κ1) is 14.8. The molecule has 2 rings (SSSR count). The summed E-state index contributed by atoms with van der Waals surface area (Å²) in [6.07, 6.45) is 2.31. The molecule has 20 heavy (non-hydrogen) atoms. The van der Waals surface area contributed by atoms with E-state index in [0.717, 1.165) is 16.9 Å². The van der Waals surface area contributed by atoms with Crippen LogP contribution in [0.5, 0.6) is 0 Å². The number of carbonyl (C=O) groups excluding carboxylic acids is 1. The van der Waals surface area contributed by atoms with Crippen molar-refractivity contribution in [1.82, 2.24) is 19.9 Å². The van der Waals surface area contributed by atoms with Gasteiger partial charge in [-0.15, -0.1) is 5.10 Å². The predicted molar refractivity (Wildman–Crippen MR) is 74.7 cm³/mol. The van der Waals surface area contributed by atoms with E-state index in [9.17, 15) is 9.59 Å². The maximum Gasteiger partial charge on any atom is 0.325 e. The number of hydrogen-bond donors (Lipinski definition) is 1. The second-order valence-electron chi connectivity index (χ2n) is 5.35. The molecule has 0 aliphatic carbocycles. The number of carboxylic acid groups (broad SMARTS) is 1. The van der Waals surface area contributed by atoms with Crippen molar-refractivity contribution in [2.24, 2.45) is 0 Å². The van der Waals surface area contributed by atoms with E-state index in [1.807, 2.05) is 11.8 Å². The fraction of sp³-hybridized carbons (Fsp3) is 0.667. The van der Waals surface area contributed by atoms with E-state index in [0.29, 0.717) is 13.1 Å². The molecule has 0 aromatic carbocycles. The lowest BCUT2D eigenvalue weighted by Gasteiger charge is -2.22. The number of carboxylic acids is 1. The molecule has 1 aliphatic rings. The molecule has 1 aliphatic heterocycles. The lowest BCUT2D eigenvalue weighted by molar-refractivity contribution is -0.137. The van der Waals surface area contributed by atoms with Crippen molar-refractivity contribution in [2.75, 3.05) is 18.8 Å². The van der Waals surface area contributed by atoms with Gasteiger partial charge in [0, 0.05) is 23.6 Å². The third kappa shape index (κ3) is 3.72. The molecule has 1 saturated heterocycles. The van der Waals surface area contributed by atoms with E-state index in [2.05, 4.69) is 24.2 Å². The van der Waals surface area contributed by atoms with Crippen LogP contribution in [0.3, 0.4) is 0 Å². The number of aliphatic carboxylic acids is 1. The maximum atomic E-state index is 12.3. The number of hydrogen-bond acceptors (Lipinski definition) is 5. The van der Waals surface area contributed by atoms with Gasteiger partial charge in [-0.2, -0.15) is 11.8 Å². The normalized spacial score (nSPS) is 18.6. The van der Waals surface area contributed by atoms with Gasteiger partial charge in [0.25, 0.3) is 5.91 Å². The Bertz CT molecular complexity index is 515. The highest BCUT2D eigenvalue weighted by Crippen LogP contribution is 2.30. The molecule has 2 heterocycles. The highest BCUT2D eigenvalue weighted by atomic mass is 32.2. The molecule has 0 unspecified atom stereocenters. The van der Waals surface area contributed by atoms with Crippen LogP contribution in [-0.4, -0.2) is 60.5 Å². The summed E-state index contributed by atoms with van der Waals surface area (Å²) in [5.41, 5.74) is 0.205. The van der Waals surface area contributed by atoms with E-state index >= 15 is 0 Å². The van der Waals surface area contributed by atoms with Crippen LogP contribution < -0.4 is 0 Å². The monoisotopic (exact) mass is 298 g/mol. The van der Waals surface area contributed by atoms with E-state index in [4.69, 9.17) is 5.11 Å². The van der Waals surface area contributed by atoms with Crippen LogP contribution in [0.25, 0.3) is 0 Å². The van der Waals surface area contributed by atoms with Crippen molar-refractivity contribution in [1.29, 1.82) is 0 Å². The Labute approximate surface area is 121 Å². The summed E-state index contributed by atoms with van der Waals surface area (Å²) in [6.45, 7) is 5.43. The van der Waals surface area contributed by atoms with Gasteiger partial charge in [-0.3, -0.25) is 9.59 Å². The number of thioether (sulfide) groups is 1. The molecule has 110 valence electrons. The quantitative estimate of drug-likeness (QED) is 0.884. The number of aromatic nitrogens is 3. The topological polar surface area (TPSA) is 88.3 Å². The molecule has 0 spiro atoms. The van der Waals surface area contributed by atoms with Gasteiger partial charge < -0.3 is 10.0 Å². The number of rotatable bonds is 3. The summed E-state index contributed by atoms with van der Waals surface area (Å²) >= 11 is 1.86. The zero-order chi connectivity index (χ0) is 14.8. The van der Waals surface area contributed by atoms with Gasteiger partial charge in [0.15, 0.2) is 5.69 Å². The van der Waals surface area contributed by atoms with Crippen molar-refractivity contribution in [3.63, 3.8) is 0 Å². The molecule has 8 heteroatoms. The number of nitrogens with zero attached hydrogens (tertiary/aromatic N) is 4. The number of amides is 1. The Balaban J connectivity index is 2.03. The highest BCUT2D eigenvalue weighted by Gasteiger charge is 2.27. The maximum absolute atomic E-state index is 12.3. The van der Waals surface area contributed by atoms with Crippen molar-refractivity contribution in [3.05, 3.63) is 11.9 Å². The third-order valence-corrected chi connectivity index (χ3v) is 4.55. The smallest absolute Gasteiger partial charge is 0.325 e. The molecule has 0 radical (unpaired) electrons. The lowest BCUT2D eigenvalue weighted by atomic mass is 10.1. The minimum absolute atomic E-state index is 0.177. The Morgan fingerprint density at radius 3 is 2.90 bits per heavy atom. The van der Waals surface area contributed by atoms with Crippen LogP contribution in [0.15, 0.2) is 6.20 Å². The van der Waals surface area contributed by atoms with Crippen LogP contribution in [-0.2, 0) is 11.3 Å². The summed E-state index contributed by atoms with van der Waals surface area (Å²) < 4.78 is 1.34. The summed E-state index contributed by atoms with van der Waals surface area (Å²) in [4.78, 5) is 24.7. The van der Waals surface area contributed by atoms with Gasteiger partial charge >= 0.3 is 5.97 Å². The lowest BCUT2D eigenvalue weighted by Crippen LogP contribution is -2.33. The van der Waals surface area contributed by atoms with Gasteiger partial charge in [0.1, 0.15) is 6.54 Å². The Kier molecular flexibility index (Phi) is 4.32. The second-order valence-corrected chi connectivity index (χ2v) is 7.15. The highest BCUT2D eigenvalue weighted by molar-refractivity contribution is 8.00. The molecule has 1 N–H and O–H groups in total. The Hall–Kier alpha value is -1.57. The summed E-state index contributed by atoms with van der Waals surface area (Å²) in [7, 11) is 0. The first-order chi connectivity index (χ1) is 9.37. The second kappa shape index (κ2) is 5.82. The van der Waals surface area contributed by atoms with Crippen molar-refractivity contribution in [2.45, 2.75) is 31.6 Å². The van der Waals surface area contributed by atoms with Crippen LogP contribution >= 0.6 is 11.8 Å². The largest absolute Gasteiger partial charge is 0.480 e. The van der Waals surface area contributed by atoms with Crippen molar-refractivity contribution >= 4 is 23.6 Å². The molecule has 1 fully saturated rings. The predicted octanol–water partition coefficient (Wildman–Crippen LogP) is 0.720. The molecule has 1 aromatic rings. The van der Waals surface area contributed by atoms with E-state index < -0.39 is 5.97 Å². The van der Waals surface area contributed by atoms with Gasteiger partial charge in [0.05, 0.1) is 6.20 Å². The van der Waals surface area contributed by atoms with Crippen LogP contribution in [0.1, 0.15) is 30.8 Å². The van der Waals surface area contributed by atoms with Gasteiger partial charge in [-0.1, -0.05) is 19.1 Å². The first-order valence-electron chi connectivity index (χ1n) is 6.42. The van der Waals surface area contributed by atoms with Gasteiger partial charge in [0.2, 0.25) is 0 Å². The summed E-state index contributed by atoms with van der Waals surface area (Å²) in [5.74, 6) is -0.302. The minimum atomic E-state index is -1.01. The average molecular weight is 298 g/mol. The molecule has 0 bridgehead atoms. The van der Waals surface area contributed by atoms with Gasteiger partial charge in [-0.05, 0) is 6.42 Å². The van der Waals surface area contributed by atoms with Crippen molar-refractivity contribution in [3.8, 4) is 0 Å².